The molecule has 5 heteroatoms. The summed E-state index contributed by atoms with van der Waals surface area (Å²) in [5.74, 6) is -0.00667. The Hall–Kier alpha value is -2.06. The number of carbonyl (C=O) groups is 1. The zero-order chi connectivity index (χ0) is 17.7. The van der Waals surface area contributed by atoms with Crippen LogP contribution in [0, 0.1) is 18.3 Å². The molecule has 0 unspecified atom stereocenters. The quantitative estimate of drug-likeness (QED) is 0.915. The Labute approximate surface area is 150 Å². The molecule has 1 N–H and O–H groups in total. The molecule has 1 saturated heterocycles. The van der Waals surface area contributed by atoms with Crippen LogP contribution < -0.4 is 10.2 Å². The van der Waals surface area contributed by atoms with Crippen molar-refractivity contribution >= 4 is 11.6 Å². The van der Waals surface area contributed by atoms with Crippen LogP contribution in [0.3, 0.4) is 0 Å². The lowest BCUT2D eigenvalue weighted by Gasteiger charge is -2.37. The zero-order valence-corrected chi connectivity index (χ0v) is 15.1. The second kappa shape index (κ2) is 7.88. The molecule has 2 aliphatic rings. The van der Waals surface area contributed by atoms with Gasteiger partial charge in [0.1, 0.15) is 5.54 Å². The predicted octanol–water partition coefficient (Wildman–Crippen LogP) is 2.46. The van der Waals surface area contributed by atoms with Gasteiger partial charge in [0.05, 0.1) is 12.6 Å². The third kappa shape index (κ3) is 4.32. The van der Waals surface area contributed by atoms with Gasteiger partial charge < -0.3 is 10.2 Å². The summed E-state index contributed by atoms with van der Waals surface area (Å²) < 4.78 is 0. The zero-order valence-electron chi connectivity index (χ0n) is 15.1. The minimum Gasteiger partial charge on any atom is -0.369 e. The van der Waals surface area contributed by atoms with Crippen molar-refractivity contribution in [3.05, 3.63) is 29.8 Å². The topological polar surface area (TPSA) is 59.4 Å². The van der Waals surface area contributed by atoms with Gasteiger partial charge in [0.25, 0.3) is 0 Å². The second-order valence-corrected chi connectivity index (χ2v) is 7.35. The van der Waals surface area contributed by atoms with Crippen LogP contribution in [0.1, 0.15) is 37.7 Å². The number of rotatable bonds is 4. The van der Waals surface area contributed by atoms with Gasteiger partial charge in [-0.1, -0.05) is 37.5 Å². The summed E-state index contributed by atoms with van der Waals surface area (Å²) in [6, 6.07) is 10.8. The average Bonchev–Trinajstić information content (AvgIpc) is 2.63. The SMILES string of the molecule is Cc1ccccc1N1CCN(CC(=O)NC2(C#N)CCCCC2)CC1. The number of nitrogens with zero attached hydrogens (tertiary/aromatic N) is 3. The van der Waals surface area contributed by atoms with Crippen molar-refractivity contribution in [2.24, 2.45) is 0 Å². The molecular weight excluding hydrogens is 312 g/mol. The van der Waals surface area contributed by atoms with Gasteiger partial charge in [-0.05, 0) is 31.4 Å². The summed E-state index contributed by atoms with van der Waals surface area (Å²) in [5, 5.41) is 12.5. The Kier molecular flexibility index (Phi) is 5.60. The molecule has 0 spiro atoms. The lowest BCUT2D eigenvalue weighted by molar-refractivity contribution is -0.124. The van der Waals surface area contributed by atoms with E-state index in [-0.39, 0.29) is 5.91 Å². The number of nitrogens with one attached hydrogen (secondary N) is 1. The Morgan fingerprint density at radius 2 is 1.84 bits per heavy atom. The first-order chi connectivity index (χ1) is 12.1. The fraction of sp³-hybridized carbons (Fsp3) is 0.600. The van der Waals surface area contributed by atoms with E-state index in [0.717, 1.165) is 51.9 Å². The third-order valence-electron chi connectivity index (χ3n) is 5.50. The number of benzene rings is 1. The fourth-order valence-electron chi connectivity index (χ4n) is 3.99. The molecule has 1 aromatic rings. The molecular formula is C20H28N4O. The standard InChI is InChI=1S/C20H28N4O/c1-17-7-3-4-8-18(17)24-13-11-23(12-14-24)15-19(25)22-20(16-21)9-5-2-6-10-20/h3-4,7-8H,2,5-6,9-15H2,1H3,(H,22,25). The smallest absolute Gasteiger partial charge is 0.235 e. The number of para-hydroxylation sites is 1. The van der Waals surface area contributed by atoms with Gasteiger partial charge in [0.2, 0.25) is 5.91 Å². The third-order valence-corrected chi connectivity index (χ3v) is 5.50. The van der Waals surface area contributed by atoms with E-state index in [4.69, 9.17) is 0 Å². The number of hydrogen-bond acceptors (Lipinski definition) is 4. The highest BCUT2D eigenvalue weighted by Gasteiger charge is 2.34. The van der Waals surface area contributed by atoms with Crippen LogP contribution in [0.5, 0.6) is 0 Å². The Bertz CT molecular complexity index is 637. The van der Waals surface area contributed by atoms with Gasteiger partial charge in [-0.15, -0.1) is 0 Å². The maximum absolute atomic E-state index is 12.4. The molecule has 3 rings (SSSR count). The second-order valence-electron chi connectivity index (χ2n) is 7.35. The lowest BCUT2D eigenvalue weighted by Crippen LogP contribution is -2.54. The first-order valence-corrected chi connectivity index (χ1v) is 9.37. The molecule has 134 valence electrons. The molecule has 5 nitrogen and oxygen atoms in total. The molecule has 1 saturated carbocycles. The Balaban J connectivity index is 1.49. The number of aryl methyl sites for hydroxylation is 1. The van der Waals surface area contributed by atoms with E-state index in [1.165, 1.54) is 17.7 Å². The number of piperazine rings is 1. The van der Waals surface area contributed by atoms with E-state index >= 15 is 0 Å². The molecule has 1 amide bonds. The average molecular weight is 340 g/mol. The van der Waals surface area contributed by atoms with Crippen LogP contribution in [0.15, 0.2) is 24.3 Å². The predicted molar refractivity (Wildman–Crippen MR) is 99.4 cm³/mol. The van der Waals surface area contributed by atoms with Crippen molar-refractivity contribution in [1.82, 2.24) is 10.2 Å². The van der Waals surface area contributed by atoms with E-state index in [9.17, 15) is 10.1 Å². The van der Waals surface area contributed by atoms with E-state index in [2.05, 4.69) is 52.4 Å². The maximum atomic E-state index is 12.4. The molecule has 0 radical (unpaired) electrons. The van der Waals surface area contributed by atoms with Crippen molar-refractivity contribution in [1.29, 1.82) is 5.26 Å². The van der Waals surface area contributed by atoms with E-state index < -0.39 is 5.54 Å². The van der Waals surface area contributed by atoms with Crippen molar-refractivity contribution in [3.63, 3.8) is 0 Å². The fourth-order valence-corrected chi connectivity index (χ4v) is 3.99. The van der Waals surface area contributed by atoms with Gasteiger partial charge >= 0.3 is 0 Å². The number of amides is 1. The van der Waals surface area contributed by atoms with Crippen molar-refractivity contribution < 1.29 is 4.79 Å². The van der Waals surface area contributed by atoms with Gasteiger partial charge in [0.15, 0.2) is 0 Å². The highest BCUT2D eigenvalue weighted by atomic mass is 16.2. The van der Waals surface area contributed by atoms with Crippen LogP contribution >= 0.6 is 0 Å². The van der Waals surface area contributed by atoms with Crippen LogP contribution in [-0.2, 0) is 4.79 Å². The number of carbonyl (C=O) groups excluding carboxylic acids is 1. The number of hydrogen-bond donors (Lipinski definition) is 1. The molecule has 0 bridgehead atoms. The Morgan fingerprint density at radius 1 is 1.16 bits per heavy atom. The molecule has 0 aromatic heterocycles. The minimum absolute atomic E-state index is 0.00667. The first-order valence-electron chi connectivity index (χ1n) is 9.37. The highest BCUT2D eigenvalue weighted by Crippen LogP contribution is 2.27. The molecule has 1 aromatic carbocycles. The van der Waals surface area contributed by atoms with Gasteiger partial charge in [-0.25, -0.2) is 0 Å². The molecule has 1 aliphatic carbocycles. The summed E-state index contributed by atoms with van der Waals surface area (Å²) in [6.45, 7) is 6.15. The van der Waals surface area contributed by atoms with Gasteiger partial charge in [-0.3, -0.25) is 9.69 Å². The summed E-state index contributed by atoms with van der Waals surface area (Å²) in [7, 11) is 0. The lowest BCUT2D eigenvalue weighted by atomic mass is 9.83. The van der Waals surface area contributed by atoms with Crippen molar-refractivity contribution in [2.75, 3.05) is 37.6 Å². The number of nitriles is 1. The molecule has 0 atom stereocenters. The van der Waals surface area contributed by atoms with Crippen molar-refractivity contribution in [2.45, 2.75) is 44.6 Å². The van der Waals surface area contributed by atoms with E-state index in [1.54, 1.807) is 0 Å². The monoisotopic (exact) mass is 340 g/mol. The van der Waals surface area contributed by atoms with E-state index in [0.29, 0.717) is 6.54 Å². The molecule has 25 heavy (non-hydrogen) atoms. The summed E-state index contributed by atoms with van der Waals surface area (Å²) >= 11 is 0. The summed E-state index contributed by atoms with van der Waals surface area (Å²) in [4.78, 5) is 17.0. The maximum Gasteiger partial charge on any atom is 0.235 e. The van der Waals surface area contributed by atoms with Crippen molar-refractivity contribution in [3.8, 4) is 6.07 Å². The van der Waals surface area contributed by atoms with E-state index in [1.807, 2.05) is 0 Å². The molecule has 1 heterocycles. The van der Waals surface area contributed by atoms with Gasteiger partial charge in [-0.2, -0.15) is 5.26 Å². The largest absolute Gasteiger partial charge is 0.369 e. The van der Waals surface area contributed by atoms with Crippen LogP contribution in [0.2, 0.25) is 0 Å². The van der Waals surface area contributed by atoms with Gasteiger partial charge in [0, 0.05) is 31.9 Å². The normalized spacial score (nSPS) is 20.7. The molecule has 1 aliphatic heterocycles. The minimum atomic E-state index is -0.627. The highest BCUT2D eigenvalue weighted by molar-refractivity contribution is 5.79. The summed E-state index contributed by atoms with van der Waals surface area (Å²) in [6.07, 6.45) is 4.80. The Morgan fingerprint density at radius 3 is 2.48 bits per heavy atom. The van der Waals surface area contributed by atoms with Crippen LogP contribution in [-0.4, -0.2) is 49.1 Å². The van der Waals surface area contributed by atoms with Crippen LogP contribution in [0.25, 0.3) is 0 Å². The molecule has 2 fully saturated rings. The first kappa shape index (κ1) is 17.8. The summed E-state index contributed by atoms with van der Waals surface area (Å²) in [5.41, 5.74) is 1.96. The van der Waals surface area contributed by atoms with Crippen LogP contribution in [0.4, 0.5) is 5.69 Å². The number of anilines is 1.